The van der Waals surface area contributed by atoms with Crippen molar-refractivity contribution in [3.63, 3.8) is 0 Å². The van der Waals surface area contributed by atoms with Gasteiger partial charge in [0.25, 0.3) is 0 Å². The fourth-order valence-corrected chi connectivity index (χ4v) is 2.65. The summed E-state index contributed by atoms with van der Waals surface area (Å²) in [7, 11) is 0. The van der Waals surface area contributed by atoms with E-state index in [2.05, 4.69) is 11.9 Å². The molecule has 1 N–H and O–H groups in total. The number of benzene rings is 1. The monoisotopic (exact) mass is 299 g/mol. The quantitative estimate of drug-likeness (QED) is 0.866. The molecule has 1 aromatic rings. The van der Waals surface area contributed by atoms with Crippen LogP contribution >= 0.6 is 23.2 Å². The Labute approximate surface area is 122 Å². The summed E-state index contributed by atoms with van der Waals surface area (Å²) >= 11 is 12.2. The summed E-state index contributed by atoms with van der Waals surface area (Å²) in [6.07, 6.45) is 2.13. The summed E-state index contributed by atoms with van der Waals surface area (Å²) in [5, 5.41) is 4.10. The van der Waals surface area contributed by atoms with E-state index in [-0.39, 0.29) is 17.9 Å². The molecule has 0 spiro atoms. The first kappa shape index (κ1) is 14.4. The van der Waals surface area contributed by atoms with Gasteiger partial charge in [0.2, 0.25) is 5.91 Å². The first-order chi connectivity index (χ1) is 9.11. The van der Waals surface area contributed by atoms with Crippen LogP contribution in [0.15, 0.2) is 30.9 Å². The van der Waals surface area contributed by atoms with Gasteiger partial charge in [-0.05, 0) is 36.3 Å². The average Bonchev–Trinajstić information content (AvgIpc) is 2.92. The third-order valence-electron chi connectivity index (χ3n) is 3.21. The van der Waals surface area contributed by atoms with E-state index >= 15 is 0 Å². The van der Waals surface area contributed by atoms with E-state index in [0.29, 0.717) is 23.3 Å². The summed E-state index contributed by atoms with van der Waals surface area (Å²) < 4.78 is 5.39. The minimum Gasteiger partial charge on any atom is -0.381 e. The van der Waals surface area contributed by atoms with E-state index in [9.17, 15) is 4.79 Å². The second-order valence-corrected chi connectivity index (χ2v) is 5.32. The number of hydrogen-bond acceptors (Lipinski definition) is 2. The van der Waals surface area contributed by atoms with Gasteiger partial charge in [0, 0.05) is 22.6 Å². The van der Waals surface area contributed by atoms with Crippen molar-refractivity contribution >= 4 is 29.1 Å². The standard InChI is InChI=1S/C14H15Cl2NO2/c1-2-13(18)17-14(9-5-6-19-8-9)11-7-10(15)3-4-12(11)16/h2-4,7,9,14H,1,5-6,8H2,(H,17,18). The predicted octanol–water partition coefficient (Wildman–Crippen LogP) is 3.37. The van der Waals surface area contributed by atoms with Crippen molar-refractivity contribution in [1.82, 2.24) is 5.32 Å². The van der Waals surface area contributed by atoms with Crippen LogP contribution in [0.1, 0.15) is 18.0 Å². The van der Waals surface area contributed by atoms with Crippen LogP contribution < -0.4 is 5.32 Å². The number of carbonyl (C=O) groups is 1. The molecule has 1 aromatic carbocycles. The number of amides is 1. The molecule has 2 unspecified atom stereocenters. The second kappa shape index (κ2) is 6.42. The van der Waals surface area contributed by atoms with Crippen molar-refractivity contribution in [3.05, 3.63) is 46.5 Å². The van der Waals surface area contributed by atoms with E-state index in [1.807, 2.05) is 0 Å². The number of rotatable bonds is 4. The molecule has 1 fully saturated rings. The highest BCUT2D eigenvalue weighted by Gasteiger charge is 2.29. The Morgan fingerprint density at radius 3 is 2.95 bits per heavy atom. The summed E-state index contributed by atoms with van der Waals surface area (Å²) in [5.74, 6) is -0.0344. The predicted molar refractivity (Wildman–Crippen MR) is 76.5 cm³/mol. The molecule has 0 bridgehead atoms. The van der Waals surface area contributed by atoms with Crippen molar-refractivity contribution in [3.8, 4) is 0 Å². The first-order valence-electron chi connectivity index (χ1n) is 6.07. The maximum atomic E-state index is 11.6. The fraction of sp³-hybridized carbons (Fsp3) is 0.357. The van der Waals surface area contributed by atoms with E-state index < -0.39 is 0 Å². The molecule has 2 atom stereocenters. The SMILES string of the molecule is C=CC(=O)NC(c1cc(Cl)ccc1Cl)C1CCOC1. The van der Waals surface area contributed by atoms with Crippen LogP contribution in [0.4, 0.5) is 0 Å². The molecule has 19 heavy (non-hydrogen) atoms. The Balaban J connectivity index is 2.32. The lowest BCUT2D eigenvalue weighted by molar-refractivity contribution is -0.117. The van der Waals surface area contributed by atoms with Crippen LogP contribution in [-0.4, -0.2) is 19.1 Å². The van der Waals surface area contributed by atoms with Gasteiger partial charge in [0.1, 0.15) is 0 Å². The topological polar surface area (TPSA) is 38.3 Å². The van der Waals surface area contributed by atoms with Gasteiger partial charge in [-0.15, -0.1) is 0 Å². The van der Waals surface area contributed by atoms with Crippen molar-refractivity contribution in [2.45, 2.75) is 12.5 Å². The summed E-state index contributed by atoms with van der Waals surface area (Å²) in [6, 6.07) is 5.04. The smallest absolute Gasteiger partial charge is 0.243 e. The van der Waals surface area contributed by atoms with Crippen LogP contribution in [0.2, 0.25) is 10.0 Å². The highest BCUT2D eigenvalue weighted by Crippen LogP contribution is 2.34. The lowest BCUT2D eigenvalue weighted by Crippen LogP contribution is -2.32. The molecule has 0 saturated carbocycles. The van der Waals surface area contributed by atoms with Crippen molar-refractivity contribution < 1.29 is 9.53 Å². The average molecular weight is 300 g/mol. The van der Waals surface area contributed by atoms with Gasteiger partial charge in [-0.3, -0.25) is 4.79 Å². The van der Waals surface area contributed by atoms with E-state index in [4.69, 9.17) is 27.9 Å². The molecule has 0 radical (unpaired) electrons. The molecule has 1 heterocycles. The van der Waals surface area contributed by atoms with Gasteiger partial charge in [-0.25, -0.2) is 0 Å². The van der Waals surface area contributed by atoms with Crippen molar-refractivity contribution in [2.24, 2.45) is 5.92 Å². The third kappa shape index (κ3) is 3.50. The maximum Gasteiger partial charge on any atom is 0.243 e. The van der Waals surface area contributed by atoms with Crippen LogP contribution in [-0.2, 0) is 9.53 Å². The number of ether oxygens (including phenoxy) is 1. The molecule has 1 aliphatic rings. The van der Waals surface area contributed by atoms with E-state index in [1.54, 1.807) is 18.2 Å². The highest BCUT2D eigenvalue weighted by molar-refractivity contribution is 6.33. The maximum absolute atomic E-state index is 11.6. The Bertz CT molecular complexity index is 484. The number of hydrogen-bond donors (Lipinski definition) is 1. The summed E-state index contributed by atoms with van der Waals surface area (Å²) in [4.78, 5) is 11.6. The lowest BCUT2D eigenvalue weighted by Gasteiger charge is -2.24. The van der Waals surface area contributed by atoms with Crippen LogP contribution in [0.5, 0.6) is 0 Å². The van der Waals surface area contributed by atoms with E-state index in [1.165, 1.54) is 6.08 Å². The number of nitrogens with one attached hydrogen (secondary N) is 1. The summed E-state index contributed by atoms with van der Waals surface area (Å²) in [5.41, 5.74) is 0.819. The molecule has 5 heteroatoms. The van der Waals surface area contributed by atoms with Gasteiger partial charge in [0.15, 0.2) is 0 Å². The lowest BCUT2D eigenvalue weighted by atomic mass is 9.92. The number of halogens is 2. The van der Waals surface area contributed by atoms with Gasteiger partial charge >= 0.3 is 0 Å². The van der Waals surface area contributed by atoms with Gasteiger partial charge in [0.05, 0.1) is 12.6 Å². The third-order valence-corrected chi connectivity index (χ3v) is 3.79. The first-order valence-corrected chi connectivity index (χ1v) is 6.83. The highest BCUT2D eigenvalue weighted by atomic mass is 35.5. The Kier molecular flexibility index (Phi) is 4.86. The number of carbonyl (C=O) groups excluding carboxylic acids is 1. The Morgan fingerprint density at radius 2 is 2.32 bits per heavy atom. The molecule has 1 saturated heterocycles. The molecule has 102 valence electrons. The largest absolute Gasteiger partial charge is 0.381 e. The van der Waals surface area contributed by atoms with Crippen LogP contribution in [0.3, 0.4) is 0 Å². The molecule has 1 aliphatic heterocycles. The summed E-state index contributed by atoms with van der Waals surface area (Å²) in [6.45, 7) is 4.77. The second-order valence-electron chi connectivity index (χ2n) is 4.48. The molecule has 2 rings (SSSR count). The Morgan fingerprint density at radius 1 is 1.53 bits per heavy atom. The van der Waals surface area contributed by atoms with Gasteiger partial charge in [-0.1, -0.05) is 29.8 Å². The molecule has 1 amide bonds. The van der Waals surface area contributed by atoms with Gasteiger partial charge in [-0.2, -0.15) is 0 Å². The zero-order chi connectivity index (χ0) is 13.8. The van der Waals surface area contributed by atoms with E-state index in [0.717, 1.165) is 12.0 Å². The normalized spacial score (nSPS) is 20.0. The van der Waals surface area contributed by atoms with Crippen molar-refractivity contribution in [1.29, 1.82) is 0 Å². The minimum atomic E-state index is -0.229. The molecule has 0 aliphatic carbocycles. The van der Waals surface area contributed by atoms with Gasteiger partial charge < -0.3 is 10.1 Å². The zero-order valence-electron chi connectivity index (χ0n) is 10.4. The molecule has 3 nitrogen and oxygen atoms in total. The fourth-order valence-electron chi connectivity index (χ4n) is 2.23. The Hall–Kier alpha value is -1.03. The zero-order valence-corrected chi connectivity index (χ0v) is 11.9. The molecular weight excluding hydrogens is 285 g/mol. The van der Waals surface area contributed by atoms with Crippen molar-refractivity contribution in [2.75, 3.05) is 13.2 Å². The van der Waals surface area contributed by atoms with Crippen LogP contribution in [0, 0.1) is 5.92 Å². The minimum absolute atomic E-state index is 0.194. The molecular formula is C14H15Cl2NO2. The molecule has 0 aromatic heterocycles. The van der Waals surface area contributed by atoms with Crippen LogP contribution in [0.25, 0.3) is 0 Å².